The summed E-state index contributed by atoms with van der Waals surface area (Å²) in [4.78, 5) is 14.7. The number of amides is 1. The third-order valence-electron chi connectivity index (χ3n) is 4.36. The summed E-state index contributed by atoms with van der Waals surface area (Å²) in [5.41, 5.74) is -0.374. The molecular formula is C14H27N3O. The highest BCUT2D eigenvalue weighted by molar-refractivity contribution is 5.86. The summed E-state index contributed by atoms with van der Waals surface area (Å²) < 4.78 is 0. The van der Waals surface area contributed by atoms with E-state index in [9.17, 15) is 4.79 Å². The largest absolute Gasteiger partial charge is 0.351 e. The van der Waals surface area contributed by atoms with Gasteiger partial charge in [0.25, 0.3) is 0 Å². The summed E-state index contributed by atoms with van der Waals surface area (Å²) in [6.45, 7) is 10.2. The molecule has 18 heavy (non-hydrogen) atoms. The first-order valence-electron chi connectivity index (χ1n) is 7.32. The molecule has 2 atom stereocenters. The van der Waals surface area contributed by atoms with E-state index in [4.69, 9.17) is 0 Å². The number of nitrogens with one attached hydrogen (secondary N) is 2. The third-order valence-corrected chi connectivity index (χ3v) is 4.36. The lowest BCUT2D eigenvalue weighted by atomic mass is 10.0. The molecule has 0 radical (unpaired) electrons. The van der Waals surface area contributed by atoms with Gasteiger partial charge < -0.3 is 10.6 Å². The van der Waals surface area contributed by atoms with Crippen molar-refractivity contribution in [2.75, 3.05) is 26.2 Å². The summed E-state index contributed by atoms with van der Waals surface area (Å²) >= 11 is 0. The second kappa shape index (κ2) is 5.57. The van der Waals surface area contributed by atoms with E-state index in [0.717, 1.165) is 32.1 Å². The van der Waals surface area contributed by atoms with Gasteiger partial charge in [-0.2, -0.15) is 0 Å². The average molecular weight is 253 g/mol. The van der Waals surface area contributed by atoms with Crippen molar-refractivity contribution in [1.82, 2.24) is 15.5 Å². The Kier molecular flexibility index (Phi) is 4.28. The molecule has 0 aromatic carbocycles. The van der Waals surface area contributed by atoms with E-state index in [0.29, 0.717) is 6.04 Å². The molecule has 1 heterocycles. The van der Waals surface area contributed by atoms with Gasteiger partial charge in [0, 0.05) is 32.2 Å². The maximum absolute atomic E-state index is 12.4. The third kappa shape index (κ3) is 3.04. The minimum absolute atomic E-state index is 0.202. The molecule has 2 rings (SSSR count). The van der Waals surface area contributed by atoms with Crippen LogP contribution in [0.3, 0.4) is 0 Å². The smallest absolute Gasteiger partial charge is 0.240 e. The molecule has 1 saturated carbocycles. The normalized spacial score (nSPS) is 29.1. The van der Waals surface area contributed by atoms with Gasteiger partial charge in [-0.3, -0.25) is 9.69 Å². The zero-order valence-electron chi connectivity index (χ0n) is 12.0. The summed E-state index contributed by atoms with van der Waals surface area (Å²) in [6, 6.07) is 0.444. The van der Waals surface area contributed by atoms with Crippen molar-refractivity contribution in [3.63, 3.8) is 0 Å². The molecule has 2 N–H and O–H groups in total. The molecule has 1 saturated heterocycles. The maximum Gasteiger partial charge on any atom is 0.240 e. The Bertz CT molecular complexity index is 297. The van der Waals surface area contributed by atoms with Crippen LogP contribution in [0, 0.1) is 5.92 Å². The Balaban J connectivity index is 1.83. The van der Waals surface area contributed by atoms with E-state index in [1.165, 1.54) is 19.3 Å². The highest BCUT2D eigenvalue weighted by Gasteiger charge is 2.42. The quantitative estimate of drug-likeness (QED) is 0.767. The first-order chi connectivity index (χ1) is 8.55. The SMILES string of the molecule is CCCC1CC1NC(=O)C(C)(C)N1CCNCC1. The maximum atomic E-state index is 12.4. The number of hydrogen-bond acceptors (Lipinski definition) is 3. The molecule has 1 aliphatic carbocycles. The van der Waals surface area contributed by atoms with E-state index in [1.807, 2.05) is 13.8 Å². The number of carbonyl (C=O) groups is 1. The van der Waals surface area contributed by atoms with Crippen LogP contribution in [-0.2, 0) is 4.79 Å². The second-order valence-electron chi connectivity index (χ2n) is 6.16. The predicted octanol–water partition coefficient (Wildman–Crippen LogP) is 0.975. The second-order valence-corrected chi connectivity index (χ2v) is 6.16. The molecule has 2 aliphatic rings. The Hall–Kier alpha value is -0.610. The van der Waals surface area contributed by atoms with Crippen molar-refractivity contribution in [2.45, 2.75) is 51.6 Å². The lowest BCUT2D eigenvalue weighted by Crippen LogP contribution is -2.60. The number of hydrogen-bond donors (Lipinski definition) is 2. The van der Waals surface area contributed by atoms with Crippen molar-refractivity contribution in [2.24, 2.45) is 5.92 Å². The standard InChI is InChI=1S/C14H27N3O/c1-4-5-11-10-12(11)16-13(18)14(2,3)17-8-6-15-7-9-17/h11-12,15H,4-10H2,1-3H3,(H,16,18). The van der Waals surface area contributed by atoms with Crippen LogP contribution in [0.1, 0.15) is 40.0 Å². The fourth-order valence-corrected chi connectivity index (χ4v) is 2.83. The Morgan fingerprint density at radius 3 is 2.67 bits per heavy atom. The van der Waals surface area contributed by atoms with Crippen LogP contribution in [0.5, 0.6) is 0 Å². The van der Waals surface area contributed by atoms with E-state index >= 15 is 0 Å². The number of nitrogens with zero attached hydrogens (tertiary/aromatic N) is 1. The van der Waals surface area contributed by atoms with Crippen LogP contribution >= 0.6 is 0 Å². The lowest BCUT2D eigenvalue weighted by Gasteiger charge is -2.39. The number of rotatable bonds is 5. The molecule has 0 bridgehead atoms. The molecule has 0 aromatic heterocycles. The minimum atomic E-state index is -0.374. The van der Waals surface area contributed by atoms with E-state index in [2.05, 4.69) is 22.5 Å². The van der Waals surface area contributed by atoms with Gasteiger partial charge in [-0.1, -0.05) is 13.3 Å². The van der Waals surface area contributed by atoms with Gasteiger partial charge in [-0.25, -0.2) is 0 Å². The minimum Gasteiger partial charge on any atom is -0.351 e. The molecule has 1 amide bonds. The van der Waals surface area contributed by atoms with Crippen molar-refractivity contribution in [3.05, 3.63) is 0 Å². The zero-order valence-corrected chi connectivity index (χ0v) is 12.0. The molecule has 104 valence electrons. The van der Waals surface area contributed by atoms with E-state index in [-0.39, 0.29) is 11.4 Å². The van der Waals surface area contributed by atoms with Crippen LogP contribution in [0.2, 0.25) is 0 Å². The summed E-state index contributed by atoms with van der Waals surface area (Å²) in [5.74, 6) is 0.936. The van der Waals surface area contributed by atoms with Crippen molar-refractivity contribution < 1.29 is 4.79 Å². The molecule has 0 aromatic rings. The Labute approximate surface area is 110 Å². The van der Waals surface area contributed by atoms with E-state index in [1.54, 1.807) is 0 Å². The van der Waals surface area contributed by atoms with Gasteiger partial charge >= 0.3 is 0 Å². The van der Waals surface area contributed by atoms with E-state index < -0.39 is 0 Å². The van der Waals surface area contributed by atoms with Gasteiger partial charge in [0.15, 0.2) is 0 Å². The fourth-order valence-electron chi connectivity index (χ4n) is 2.83. The van der Waals surface area contributed by atoms with Crippen LogP contribution in [0.4, 0.5) is 0 Å². The van der Waals surface area contributed by atoms with Crippen LogP contribution < -0.4 is 10.6 Å². The molecular weight excluding hydrogens is 226 g/mol. The van der Waals surface area contributed by atoms with Crippen LogP contribution in [0.25, 0.3) is 0 Å². The molecule has 4 heteroatoms. The van der Waals surface area contributed by atoms with Gasteiger partial charge in [0.1, 0.15) is 0 Å². The number of carbonyl (C=O) groups excluding carboxylic acids is 1. The molecule has 0 spiro atoms. The van der Waals surface area contributed by atoms with Gasteiger partial charge in [0.05, 0.1) is 5.54 Å². The molecule has 1 aliphatic heterocycles. The van der Waals surface area contributed by atoms with Crippen LogP contribution in [-0.4, -0.2) is 48.6 Å². The van der Waals surface area contributed by atoms with Crippen molar-refractivity contribution in [3.8, 4) is 0 Å². The topological polar surface area (TPSA) is 44.4 Å². The first-order valence-corrected chi connectivity index (χ1v) is 7.32. The number of piperazine rings is 1. The lowest BCUT2D eigenvalue weighted by molar-refractivity contribution is -0.132. The molecule has 4 nitrogen and oxygen atoms in total. The first kappa shape index (κ1) is 13.8. The van der Waals surface area contributed by atoms with Crippen molar-refractivity contribution >= 4 is 5.91 Å². The Morgan fingerprint density at radius 2 is 2.06 bits per heavy atom. The van der Waals surface area contributed by atoms with Crippen LogP contribution in [0.15, 0.2) is 0 Å². The highest BCUT2D eigenvalue weighted by atomic mass is 16.2. The highest BCUT2D eigenvalue weighted by Crippen LogP contribution is 2.35. The fraction of sp³-hybridized carbons (Fsp3) is 0.929. The monoisotopic (exact) mass is 253 g/mol. The zero-order chi connectivity index (χ0) is 13.2. The van der Waals surface area contributed by atoms with Gasteiger partial charge in [-0.15, -0.1) is 0 Å². The molecule has 2 unspecified atom stereocenters. The van der Waals surface area contributed by atoms with Gasteiger partial charge in [0.2, 0.25) is 5.91 Å². The summed E-state index contributed by atoms with van der Waals surface area (Å²) in [6.07, 6.45) is 3.65. The predicted molar refractivity (Wildman–Crippen MR) is 73.5 cm³/mol. The Morgan fingerprint density at radius 1 is 1.39 bits per heavy atom. The van der Waals surface area contributed by atoms with Crippen molar-refractivity contribution in [1.29, 1.82) is 0 Å². The average Bonchev–Trinajstić information content (AvgIpc) is 3.09. The summed E-state index contributed by atoms with van der Waals surface area (Å²) in [7, 11) is 0. The van der Waals surface area contributed by atoms with Gasteiger partial charge in [-0.05, 0) is 32.6 Å². The molecule has 2 fully saturated rings. The summed E-state index contributed by atoms with van der Waals surface area (Å²) in [5, 5.41) is 6.55.